The fraction of sp³-hybridized carbons (Fsp3) is 0.643. The Morgan fingerprint density at radius 2 is 2.36 bits per heavy atom. The predicted molar refractivity (Wildman–Crippen MR) is 79.5 cm³/mol. The molecule has 2 aromatic rings. The Bertz CT molecular complexity index is 570. The molecule has 3 rings (SSSR count). The second-order valence-corrected chi connectivity index (χ2v) is 5.66. The lowest BCUT2D eigenvalue weighted by atomic mass is 10.1. The maximum Gasteiger partial charge on any atom is 0.157 e. The minimum absolute atomic E-state index is 0.0121. The lowest BCUT2D eigenvalue weighted by Crippen LogP contribution is -2.46. The molecule has 120 valence electrons. The summed E-state index contributed by atoms with van der Waals surface area (Å²) >= 11 is 0. The van der Waals surface area contributed by atoms with E-state index in [1.165, 1.54) is 0 Å². The average Bonchev–Trinajstić information content (AvgIpc) is 3.21. The molecule has 0 spiro atoms. The molecule has 1 fully saturated rings. The van der Waals surface area contributed by atoms with Gasteiger partial charge in [0.15, 0.2) is 5.75 Å². The smallest absolute Gasteiger partial charge is 0.157 e. The zero-order valence-corrected chi connectivity index (χ0v) is 12.9. The van der Waals surface area contributed by atoms with E-state index >= 15 is 0 Å². The molecule has 1 N–H and O–H groups in total. The van der Waals surface area contributed by atoms with Gasteiger partial charge in [-0.25, -0.2) is 4.98 Å². The molecule has 1 unspecified atom stereocenters. The summed E-state index contributed by atoms with van der Waals surface area (Å²) in [7, 11) is 1.87. The Kier molecular flexibility index (Phi) is 4.69. The van der Waals surface area contributed by atoms with Gasteiger partial charge in [0.05, 0.1) is 31.6 Å². The van der Waals surface area contributed by atoms with Gasteiger partial charge in [-0.05, 0) is 13.3 Å². The highest BCUT2D eigenvalue weighted by molar-refractivity contribution is 5.12. The van der Waals surface area contributed by atoms with E-state index < -0.39 is 0 Å². The van der Waals surface area contributed by atoms with Crippen LogP contribution in [0.5, 0.6) is 5.75 Å². The van der Waals surface area contributed by atoms with Gasteiger partial charge in [0, 0.05) is 19.6 Å². The highest BCUT2D eigenvalue weighted by atomic mass is 16.5. The van der Waals surface area contributed by atoms with Crippen LogP contribution in [0.3, 0.4) is 0 Å². The van der Waals surface area contributed by atoms with Crippen molar-refractivity contribution in [1.82, 2.24) is 29.9 Å². The second-order valence-electron chi connectivity index (χ2n) is 5.66. The molecule has 0 saturated carbocycles. The van der Waals surface area contributed by atoms with E-state index in [2.05, 4.69) is 27.4 Å². The molecule has 8 heteroatoms. The summed E-state index contributed by atoms with van der Waals surface area (Å²) in [4.78, 5) is 3.95. The summed E-state index contributed by atoms with van der Waals surface area (Å²) in [5.41, 5.74) is 0. The summed E-state index contributed by atoms with van der Waals surface area (Å²) in [5.74, 6) is 0.778. The highest BCUT2D eigenvalue weighted by Gasteiger charge is 2.31. The lowest BCUT2D eigenvalue weighted by Gasteiger charge is -2.23. The summed E-state index contributed by atoms with van der Waals surface area (Å²) in [6.45, 7) is 4.27. The quantitative estimate of drug-likeness (QED) is 0.789. The Labute approximate surface area is 129 Å². The van der Waals surface area contributed by atoms with E-state index in [4.69, 9.17) is 9.47 Å². The standard InChI is InChI=1S/C14H22N6O2/c1-11(3-4-20-10-15-9-17-20)18-13-7-21-8-14(13)22-12-5-16-19(2)6-12/h5-6,9-11,13-14,18H,3-4,7-8H2,1-2H3/t11?,13-,14+/m0/s1. The van der Waals surface area contributed by atoms with E-state index in [1.807, 2.05) is 17.9 Å². The summed E-state index contributed by atoms with van der Waals surface area (Å²) in [6.07, 6.45) is 7.87. The average molecular weight is 306 g/mol. The van der Waals surface area contributed by atoms with Crippen molar-refractivity contribution in [2.24, 2.45) is 7.05 Å². The first-order valence-corrected chi connectivity index (χ1v) is 7.52. The SMILES string of the molecule is CC(CCn1cncn1)N[C@H]1COC[C@H]1Oc1cnn(C)c1. The van der Waals surface area contributed by atoms with Crippen molar-refractivity contribution in [3.63, 3.8) is 0 Å². The molecule has 1 saturated heterocycles. The van der Waals surface area contributed by atoms with Crippen LogP contribution in [0.4, 0.5) is 0 Å². The van der Waals surface area contributed by atoms with Crippen LogP contribution in [-0.4, -0.2) is 55.9 Å². The van der Waals surface area contributed by atoms with Gasteiger partial charge in [0.1, 0.15) is 18.8 Å². The van der Waals surface area contributed by atoms with E-state index in [-0.39, 0.29) is 12.1 Å². The first kappa shape index (κ1) is 15.0. The molecule has 0 amide bonds. The second kappa shape index (κ2) is 6.89. The maximum absolute atomic E-state index is 5.96. The number of nitrogens with one attached hydrogen (secondary N) is 1. The maximum atomic E-state index is 5.96. The van der Waals surface area contributed by atoms with Crippen LogP contribution in [0, 0.1) is 0 Å². The molecular weight excluding hydrogens is 284 g/mol. The number of nitrogens with zero attached hydrogens (tertiary/aromatic N) is 5. The van der Waals surface area contributed by atoms with Gasteiger partial charge in [0.2, 0.25) is 0 Å². The molecule has 0 bridgehead atoms. The van der Waals surface area contributed by atoms with Crippen molar-refractivity contribution in [1.29, 1.82) is 0 Å². The Morgan fingerprint density at radius 3 is 3.09 bits per heavy atom. The van der Waals surface area contributed by atoms with Gasteiger partial charge >= 0.3 is 0 Å². The monoisotopic (exact) mass is 306 g/mol. The van der Waals surface area contributed by atoms with Crippen LogP contribution in [0.2, 0.25) is 0 Å². The first-order valence-electron chi connectivity index (χ1n) is 7.52. The predicted octanol–water partition coefficient (Wildman–Crippen LogP) is 0.226. The van der Waals surface area contributed by atoms with Crippen molar-refractivity contribution in [3.8, 4) is 5.75 Å². The van der Waals surface area contributed by atoms with Crippen molar-refractivity contribution in [3.05, 3.63) is 25.0 Å². The first-order chi connectivity index (χ1) is 10.7. The summed E-state index contributed by atoms with van der Waals surface area (Å²) < 4.78 is 15.1. The van der Waals surface area contributed by atoms with E-state index in [0.717, 1.165) is 18.7 Å². The zero-order chi connectivity index (χ0) is 15.4. The molecule has 0 radical (unpaired) electrons. The summed E-state index contributed by atoms with van der Waals surface area (Å²) in [5, 5.41) is 11.8. The van der Waals surface area contributed by atoms with E-state index in [1.54, 1.807) is 23.5 Å². The molecule has 8 nitrogen and oxygen atoms in total. The third kappa shape index (κ3) is 3.83. The Balaban J connectivity index is 1.47. The largest absolute Gasteiger partial charge is 0.483 e. The Morgan fingerprint density at radius 1 is 1.45 bits per heavy atom. The van der Waals surface area contributed by atoms with Gasteiger partial charge in [-0.2, -0.15) is 10.2 Å². The number of ether oxygens (including phenoxy) is 2. The minimum Gasteiger partial charge on any atom is -0.483 e. The number of hydrogen-bond acceptors (Lipinski definition) is 6. The molecule has 2 aromatic heterocycles. The molecule has 0 aromatic carbocycles. The van der Waals surface area contributed by atoms with Gasteiger partial charge < -0.3 is 14.8 Å². The number of rotatable bonds is 7. The number of hydrogen-bond donors (Lipinski definition) is 1. The fourth-order valence-electron chi connectivity index (χ4n) is 2.56. The normalized spacial score (nSPS) is 22.8. The van der Waals surface area contributed by atoms with Crippen molar-refractivity contribution < 1.29 is 9.47 Å². The molecular formula is C14H22N6O2. The number of aromatic nitrogens is 5. The third-order valence-corrected chi connectivity index (χ3v) is 3.75. The molecule has 1 aliphatic rings. The molecule has 3 heterocycles. The molecule has 1 aliphatic heterocycles. The minimum atomic E-state index is 0.0121. The van der Waals surface area contributed by atoms with Gasteiger partial charge in [-0.3, -0.25) is 9.36 Å². The lowest BCUT2D eigenvalue weighted by molar-refractivity contribution is 0.138. The van der Waals surface area contributed by atoms with Crippen LogP contribution < -0.4 is 10.1 Å². The Hall–Kier alpha value is -1.93. The van der Waals surface area contributed by atoms with Crippen molar-refractivity contribution in [2.75, 3.05) is 13.2 Å². The van der Waals surface area contributed by atoms with Crippen molar-refractivity contribution in [2.45, 2.75) is 38.1 Å². The van der Waals surface area contributed by atoms with Crippen LogP contribution in [0.1, 0.15) is 13.3 Å². The van der Waals surface area contributed by atoms with Gasteiger partial charge in [-0.15, -0.1) is 0 Å². The van der Waals surface area contributed by atoms with Crippen LogP contribution >= 0.6 is 0 Å². The summed E-state index contributed by atoms with van der Waals surface area (Å²) in [6, 6.07) is 0.529. The molecule has 0 aliphatic carbocycles. The number of aryl methyl sites for hydroxylation is 2. The van der Waals surface area contributed by atoms with Gasteiger partial charge in [0.25, 0.3) is 0 Å². The zero-order valence-electron chi connectivity index (χ0n) is 12.9. The van der Waals surface area contributed by atoms with Gasteiger partial charge in [-0.1, -0.05) is 0 Å². The van der Waals surface area contributed by atoms with Crippen LogP contribution in [0.15, 0.2) is 25.0 Å². The van der Waals surface area contributed by atoms with E-state index in [0.29, 0.717) is 19.3 Å². The third-order valence-electron chi connectivity index (χ3n) is 3.75. The fourth-order valence-corrected chi connectivity index (χ4v) is 2.56. The van der Waals surface area contributed by atoms with Crippen LogP contribution in [-0.2, 0) is 18.3 Å². The van der Waals surface area contributed by atoms with E-state index in [9.17, 15) is 0 Å². The molecule has 22 heavy (non-hydrogen) atoms. The van der Waals surface area contributed by atoms with Crippen LogP contribution in [0.25, 0.3) is 0 Å². The molecule has 3 atom stereocenters. The topological polar surface area (TPSA) is 79.0 Å². The van der Waals surface area contributed by atoms with Crippen molar-refractivity contribution >= 4 is 0 Å². The highest BCUT2D eigenvalue weighted by Crippen LogP contribution is 2.16.